The first-order chi connectivity index (χ1) is 18.5. The highest BCUT2D eigenvalue weighted by atomic mass is 32.1. The molecule has 1 amide bonds. The molecule has 11 heteroatoms. The molecule has 0 saturated heterocycles. The molecule has 1 unspecified atom stereocenters. The van der Waals surface area contributed by atoms with Crippen molar-refractivity contribution in [2.75, 3.05) is 25.6 Å². The van der Waals surface area contributed by atoms with Crippen molar-refractivity contribution >= 4 is 34.4 Å². The predicted molar refractivity (Wildman–Crippen MR) is 143 cm³/mol. The smallest absolute Gasteiger partial charge is 0.331 e. The number of hydrogen-bond acceptors (Lipinski definition) is 6. The van der Waals surface area contributed by atoms with Crippen LogP contribution >= 0.6 is 11.3 Å². The number of rotatable bonds is 12. The van der Waals surface area contributed by atoms with Crippen LogP contribution in [0.1, 0.15) is 54.8 Å². The Balaban J connectivity index is 1.76. The number of aromatic nitrogens is 1. The molecule has 1 aromatic heterocycles. The number of carboxylic acid groups (broad SMARTS) is 1. The van der Waals surface area contributed by atoms with Crippen LogP contribution in [0.2, 0.25) is 0 Å². The molecule has 39 heavy (non-hydrogen) atoms. The number of carboxylic acids is 1. The Hall–Kier alpha value is -3.54. The van der Waals surface area contributed by atoms with E-state index in [1.165, 1.54) is 14.0 Å². The first kappa shape index (κ1) is 30.0. The number of carbonyl (C=O) groups is 2. The second-order valence-corrected chi connectivity index (χ2v) is 10.0. The normalized spacial score (nSPS) is 12.6. The Bertz CT molecular complexity index is 1350. The monoisotopic (exact) mass is 562 g/mol. The summed E-state index contributed by atoms with van der Waals surface area (Å²) >= 11 is 1.01. The number of nitrogens with zero attached hydrogens (tertiary/aromatic N) is 1. The van der Waals surface area contributed by atoms with E-state index in [-0.39, 0.29) is 34.1 Å². The number of anilines is 1. The molecule has 0 spiro atoms. The van der Waals surface area contributed by atoms with Crippen molar-refractivity contribution in [2.24, 2.45) is 5.92 Å². The van der Waals surface area contributed by atoms with Gasteiger partial charge in [-0.2, -0.15) is 0 Å². The van der Waals surface area contributed by atoms with E-state index in [4.69, 9.17) is 14.6 Å². The fraction of sp³-hybridized carbons (Fsp3) is 0.321. The molecule has 1 heterocycles. The molecular formula is C28H29F3N2O5S. The summed E-state index contributed by atoms with van der Waals surface area (Å²) < 4.78 is 55.4. The van der Waals surface area contributed by atoms with E-state index < -0.39 is 41.0 Å². The molecule has 7 nitrogen and oxygen atoms in total. The molecule has 208 valence electrons. The summed E-state index contributed by atoms with van der Waals surface area (Å²) in [6, 6.07) is 6.41. The second kappa shape index (κ2) is 13.5. The summed E-state index contributed by atoms with van der Waals surface area (Å²) in [5, 5.41) is 13.0. The Morgan fingerprint density at radius 1 is 1.18 bits per heavy atom. The van der Waals surface area contributed by atoms with Gasteiger partial charge in [0, 0.05) is 46.9 Å². The van der Waals surface area contributed by atoms with Crippen molar-refractivity contribution in [2.45, 2.75) is 33.3 Å². The number of hydrogen-bond donors (Lipinski definition) is 2. The van der Waals surface area contributed by atoms with E-state index in [1.54, 1.807) is 23.6 Å². The Morgan fingerprint density at radius 3 is 2.49 bits per heavy atom. The lowest BCUT2D eigenvalue weighted by Gasteiger charge is -2.18. The maximum atomic E-state index is 15.5. The third-order valence-corrected chi connectivity index (χ3v) is 6.57. The molecule has 0 saturated carbocycles. The molecule has 0 aliphatic heterocycles. The van der Waals surface area contributed by atoms with Crippen LogP contribution in [0, 0.1) is 23.4 Å². The number of halogens is 3. The van der Waals surface area contributed by atoms with Crippen LogP contribution in [-0.2, 0) is 14.3 Å². The van der Waals surface area contributed by atoms with Crippen LogP contribution in [0.3, 0.4) is 0 Å². The molecule has 0 bridgehead atoms. The van der Waals surface area contributed by atoms with Gasteiger partial charge >= 0.3 is 5.97 Å². The zero-order valence-electron chi connectivity index (χ0n) is 21.9. The highest BCUT2D eigenvalue weighted by Gasteiger charge is 2.21. The molecule has 2 N–H and O–H groups in total. The van der Waals surface area contributed by atoms with Crippen LogP contribution in [0.4, 0.5) is 18.3 Å². The highest BCUT2D eigenvalue weighted by molar-refractivity contribution is 7.14. The topological polar surface area (TPSA) is 97.8 Å². The number of nitrogens with one attached hydrogen (secondary N) is 1. The summed E-state index contributed by atoms with van der Waals surface area (Å²) in [7, 11) is 1.47. The maximum Gasteiger partial charge on any atom is 0.331 e. The minimum absolute atomic E-state index is 0.0895. The van der Waals surface area contributed by atoms with E-state index in [1.807, 2.05) is 0 Å². The lowest BCUT2D eigenvalue weighted by atomic mass is 10.0. The van der Waals surface area contributed by atoms with Gasteiger partial charge in [0.2, 0.25) is 0 Å². The van der Waals surface area contributed by atoms with Gasteiger partial charge < -0.3 is 14.6 Å². The van der Waals surface area contributed by atoms with Crippen LogP contribution in [0.25, 0.3) is 17.3 Å². The van der Waals surface area contributed by atoms with Crippen LogP contribution in [-0.4, -0.2) is 42.3 Å². The summed E-state index contributed by atoms with van der Waals surface area (Å²) in [5.74, 6) is -4.42. The van der Waals surface area contributed by atoms with Crippen LogP contribution in [0.15, 0.2) is 41.3 Å². The van der Waals surface area contributed by atoms with Crippen molar-refractivity contribution in [3.63, 3.8) is 0 Å². The van der Waals surface area contributed by atoms with E-state index in [0.29, 0.717) is 18.1 Å². The minimum atomic E-state index is -1.33. The lowest BCUT2D eigenvalue weighted by Crippen LogP contribution is -2.14. The van der Waals surface area contributed by atoms with Crippen LogP contribution in [0.5, 0.6) is 0 Å². The van der Waals surface area contributed by atoms with E-state index in [2.05, 4.69) is 24.1 Å². The predicted octanol–water partition coefficient (Wildman–Crippen LogP) is 6.72. The van der Waals surface area contributed by atoms with Gasteiger partial charge in [-0.05, 0) is 43.5 Å². The molecule has 1 atom stereocenters. The molecule has 0 radical (unpaired) electrons. The average Bonchev–Trinajstić information content (AvgIpc) is 3.34. The number of methoxy groups -OCH3 is 1. The third kappa shape index (κ3) is 7.75. The van der Waals surface area contributed by atoms with Gasteiger partial charge in [-0.25, -0.2) is 22.9 Å². The molecule has 0 fully saturated rings. The summed E-state index contributed by atoms with van der Waals surface area (Å²) in [6.45, 7) is 6.07. The molecule has 2 aromatic carbocycles. The number of carbonyl (C=O) groups excluding carboxylic acids is 1. The second-order valence-electron chi connectivity index (χ2n) is 9.17. The van der Waals surface area contributed by atoms with E-state index >= 15 is 4.39 Å². The zero-order chi connectivity index (χ0) is 28.7. The lowest BCUT2D eigenvalue weighted by molar-refractivity contribution is -0.132. The Morgan fingerprint density at radius 2 is 1.87 bits per heavy atom. The summed E-state index contributed by atoms with van der Waals surface area (Å²) in [6.07, 6.45) is 1.09. The van der Waals surface area contributed by atoms with E-state index in [0.717, 1.165) is 36.0 Å². The number of thiazole rings is 1. The number of benzene rings is 2. The zero-order valence-corrected chi connectivity index (χ0v) is 22.7. The van der Waals surface area contributed by atoms with Gasteiger partial charge in [-0.1, -0.05) is 26.0 Å². The van der Waals surface area contributed by atoms with Gasteiger partial charge in [0.1, 0.15) is 23.6 Å². The SMILES string of the molecule is COC(COCCC(C)C)c1cccc(-c2csc(NC(=O)c3cc(F)c(/C=C(\C)C(=O)O)c(F)c3)n2)c1F. The van der Waals surface area contributed by atoms with Crippen molar-refractivity contribution in [3.05, 3.63) is 75.4 Å². The van der Waals surface area contributed by atoms with Crippen LogP contribution < -0.4 is 5.32 Å². The molecular weight excluding hydrogens is 533 g/mol. The van der Waals surface area contributed by atoms with Crippen molar-refractivity contribution < 1.29 is 37.3 Å². The average molecular weight is 563 g/mol. The fourth-order valence-electron chi connectivity index (χ4n) is 3.55. The Kier molecular flexibility index (Phi) is 10.4. The van der Waals surface area contributed by atoms with Gasteiger partial charge in [0.25, 0.3) is 5.91 Å². The number of ether oxygens (including phenoxy) is 2. The molecule has 3 rings (SSSR count). The van der Waals surface area contributed by atoms with Crippen molar-refractivity contribution in [1.29, 1.82) is 0 Å². The quantitative estimate of drug-likeness (QED) is 0.188. The summed E-state index contributed by atoms with van der Waals surface area (Å²) in [5.41, 5.74) is -0.426. The van der Waals surface area contributed by atoms with Crippen molar-refractivity contribution in [1.82, 2.24) is 4.98 Å². The maximum absolute atomic E-state index is 15.5. The van der Waals surface area contributed by atoms with Gasteiger partial charge in [-0.15, -0.1) is 11.3 Å². The highest BCUT2D eigenvalue weighted by Crippen LogP contribution is 2.32. The van der Waals surface area contributed by atoms with Crippen molar-refractivity contribution in [3.8, 4) is 11.3 Å². The van der Waals surface area contributed by atoms with Gasteiger partial charge in [-0.3, -0.25) is 10.1 Å². The molecule has 0 aliphatic rings. The number of amides is 1. The molecule has 3 aromatic rings. The van der Waals surface area contributed by atoms with Gasteiger partial charge in [0.15, 0.2) is 5.13 Å². The number of aliphatic carboxylic acids is 1. The molecule has 0 aliphatic carbocycles. The first-order valence-electron chi connectivity index (χ1n) is 12.1. The standard InChI is InChI=1S/C28H29F3N2O5S/c1-15(2)8-9-38-13-24(37-4)19-7-5-6-18(25(19)31)23-14-39-28(32-23)33-26(34)17-11-21(29)20(22(30)12-17)10-16(3)27(35)36/h5-7,10-12,14-15,24H,8-9,13H2,1-4H3,(H,35,36)(H,32,33,34)/b16-10+. The third-order valence-electron chi connectivity index (χ3n) is 5.81. The first-order valence-corrected chi connectivity index (χ1v) is 13.0. The van der Waals surface area contributed by atoms with Gasteiger partial charge in [0.05, 0.1) is 12.3 Å². The van der Waals surface area contributed by atoms with E-state index in [9.17, 15) is 18.4 Å². The minimum Gasteiger partial charge on any atom is -0.478 e. The fourth-order valence-corrected chi connectivity index (χ4v) is 4.25. The summed E-state index contributed by atoms with van der Waals surface area (Å²) in [4.78, 5) is 27.8. The largest absolute Gasteiger partial charge is 0.478 e. The Labute approximate surface area is 228 Å².